The zero-order valence-corrected chi connectivity index (χ0v) is 18.0. The van der Waals surface area contributed by atoms with Crippen LogP contribution < -0.4 is 5.32 Å². The maximum atomic E-state index is 4.68. The largest absolute Gasteiger partial charge is 0.381 e. The van der Waals surface area contributed by atoms with Gasteiger partial charge in [0.25, 0.3) is 0 Å². The molecule has 0 atom stereocenters. The molecule has 0 fully saturated rings. The van der Waals surface area contributed by atoms with Crippen LogP contribution in [0.1, 0.15) is 30.9 Å². The van der Waals surface area contributed by atoms with Crippen molar-refractivity contribution < 1.29 is 0 Å². The van der Waals surface area contributed by atoms with Crippen LogP contribution in [0.3, 0.4) is 0 Å². The molecule has 0 saturated heterocycles. The maximum absolute atomic E-state index is 4.68. The summed E-state index contributed by atoms with van der Waals surface area (Å²) < 4.78 is 0. The molecule has 4 aromatic rings. The summed E-state index contributed by atoms with van der Waals surface area (Å²) in [6.07, 6.45) is 3.98. The van der Waals surface area contributed by atoms with Crippen LogP contribution in [0, 0.1) is 0 Å². The maximum Gasteiger partial charge on any atom is 0.0780 e. The van der Waals surface area contributed by atoms with Crippen molar-refractivity contribution in [2.24, 2.45) is 0 Å². The van der Waals surface area contributed by atoms with Gasteiger partial charge in [-0.3, -0.25) is 4.98 Å². The van der Waals surface area contributed by atoms with Crippen LogP contribution >= 0.6 is 11.8 Å². The lowest BCUT2D eigenvalue weighted by molar-refractivity contribution is 0.869. The lowest BCUT2D eigenvalue weighted by Crippen LogP contribution is -1.99. The molecular weight excluding hydrogens is 372 g/mol. The summed E-state index contributed by atoms with van der Waals surface area (Å²) in [6.45, 7) is 5.27. The first kappa shape index (κ1) is 19.5. The van der Waals surface area contributed by atoms with Gasteiger partial charge in [0.05, 0.1) is 5.52 Å². The summed E-state index contributed by atoms with van der Waals surface area (Å²) in [5.74, 6) is 0.479. The number of thioether (sulfide) groups is 1. The van der Waals surface area contributed by atoms with E-state index in [2.05, 4.69) is 97.1 Å². The van der Waals surface area contributed by atoms with Gasteiger partial charge in [-0.25, -0.2) is 0 Å². The number of nitrogens with zero attached hydrogens (tertiary/aromatic N) is 1. The molecule has 3 heteroatoms. The van der Waals surface area contributed by atoms with E-state index in [1.54, 1.807) is 11.8 Å². The molecule has 3 aromatic carbocycles. The second kappa shape index (κ2) is 8.71. The van der Waals surface area contributed by atoms with Gasteiger partial charge < -0.3 is 5.32 Å². The normalized spacial score (nSPS) is 11.2. The molecule has 1 heterocycles. The van der Waals surface area contributed by atoms with Gasteiger partial charge in [0.2, 0.25) is 0 Å². The highest BCUT2D eigenvalue weighted by Gasteiger charge is 2.10. The summed E-state index contributed by atoms with van der Waals surface area (Å²) in [4.78, 5) is 5.96. The Balaban J connectivity index is 1.64. The van der Waals surface area contributed by atoms with Crippen LogP contribution in [0.5, 0.6) is 0 Å². The first-order valence-corrected chi connectivity index (χ1v) is 11.2. The summed E-state index contributed by atoms with van der Waals surface area (Å²) in [7, 11) is 0. The Bertz CT molecular complexity index is 1120. The molecule has 0 aliphatic heterocycles. The van der Waals surface area contributed by atoms with Crippen molar-refractivity contribution in [2.75, 3.05) is 11.6 Å². The second-order valence-corrected chi connectivity index (χ2v) is 8.46. The Hall–Kier alpha value is -2.78. The Morgan fingerprint density at radius 1 is 0.931 bits per heavy atom. The monoisotopic (exact) mass is 398 g/mol. The molecule has 1 aromatic heterocycles. The van der Waals surface area contributed by atoms with Gasteiger partial charge in [-0.2, -0.15) is 0 Å². The van der Waals surface area contributed by atoms with Gasteiger partial charge in [0.15, 0.2) is 0 Å². The Morgan fingerprint density at radius 3 is 2.52 bits per heavy atom. The molecule has 29 heavy (non-hydrogen) atoms. The summed E-state index contributed by atoms with van der Waals surface area (Å²) in [6, 6.07) is 26.1. The molecule has 0 bridgehead atoms. The zero-order chi connectivity index (χ0) is 20.2. The molecule has 0 aliphatic carbocycles. The Labute approximate surface area is 177 Å². The molecule has 4 rings (SSSR count). The number of benzene rings is 3. The molecule has 0 amide bonds. The van der Waals surface area contributed by atoms with Crippen molar-refractivity contribution in [3.8, 4) is 11.1 Å². The van der Waals surface area contributed by atoms with Gasteiger partial charge in [0.1, 0.15) is 0 Å². The molecule has 0 spiro atoms. The van der Waals surface area contributed by atoms with Crippen molar-refractivity contribution in [3.05, 3.63) is 90.1 Å². The highest BCUT2D eigenvalue weighted by atomic mass is 32.2. The summed E-state index contributed by atoms with van der Waals surface area (Å²) >= 11 is 1.76. The quantitative estimate of drug-likeness (QED) is 0.343. The summed E-state index contributed by atoms with van der Waals surface area (Å²) in [5.41, 5.74) is 7.23. The van der Waals surface area contributed by atoms with E-state index in [0.29, 0.717) is 5.92 Å². The Kier molecular flexibility index (Phi) is 5.86. The van der Waals surface area contributed by atoms with Crippen molar-refractivity contribution in [2.45, 2.75) is 31.2 Å². The van der Waals surface area contributed by atoms with Crippen molar-refractivity contribution in [1.82, 2.24) is 4.98 Å². The van der Waals surface area contributed by atoms with Gasteiger partial charge in [-0.05, 0) is 77.4 Å². The van der Waals surface area contributed by atoms with E-state index in [1.165, 1.54) is 32.5 Å². The molecule has 1 N–H and O–H groups in total. The minimum absolute atomic E-state index is 0.479. The van der Waals surface area contributed by atoms with Gasteiger partial charge in [-0.1, -0.05) is 38.1 Å². The summed E-state index contributed by atoms with van der Waals surface area (Å²) in [5, 5.41) is 4.73. The third kappa shape index (κ3) is 4.46. The van der Waals surface area contributed by atoms with E-state index in [4.69, 9.17) is 0 Å². The number of aromatic nitrogens is 1. The van der Waals surface area contributed by atoms with E-state index in [-0.39, 0.29) is 0 Å². The van der Waals surface area contributed by atoms with Crippen LogP contribution in [0.15, 0.2) is 83.9 Å². The van der Waals surface area contributed by atoms with Crippen LogP contribution in [-0.2, 0) is 6.54 Å². The smallest absolute Gasteiger partial charge is 0.0780 e. The molecular formula is C26H26N2S. The number of rotatable bonds is 6. The first-order chi connectivity index (χ1) is 14.1. The number of hydrogen-bond acceptors (Lipinski definition) is 3. The number of anilines is 1. The third-order valence-corrected chi connectivity index (χ3v) is 5.96. The van der Waals surface area contributed by atoms with E-state index < -0.39 is 0 Å². The second-order valence-electron chi connectivity index (χ2n) is 7.58. The molecule has 0 saturated carbocycles. The van der Waals surface area contributed by atoms with Gasteiger partial charge in [0, 0.05) is 34.3 Å². The fourth-order valence-electron chi connectivity index (χ4n) is 3.53. The predicted octanol–water partition coefficient (Wildman–Crippen LogP) is 7.36. The number of fused-ring (bicyclic) bond motifs is 1. The van der Waals surface area contributed by atoms with E-state index in [1.807, 2.05) is 12.3 Å². The van der Waals surface area contributed by atoms with Gasteiger partial charge >= 0.3 is 0 Å². The minimum Gasteiger partial charge on any atom is -0.381 e. The number of nitrogens with one attached hydrogen (secondary N) is 1. The topological polar surface area (TPSA) is 24.9 Å². The standard InChI is InChI=1S/C26H26N2S/c1-18(2)22-15-21-8-5-13-27-26(21)25(16-22)20-7-4-6-19(14-20)17-28-23-9-11-24(29-3)12-10-23/h4-16,18,28H,17H2,1-3H3. The average Bonchev–Trinajstić information content (AvgIpc) is 2.77. The highest BCUT2D eigenvalue weighted by molar-refractivity contribution is 7.98. The highest BCUT2D eigenvalue weighted by Crippen LogP contribution is 2.32. The lowest BCUT2D eigenvalue weighted by Gasteiger charge is -2.13. The minimum atomic E-state index is 0.479. The predicted molar refractivity (Wildman–Crippen MR) is 127 cm³/mol. The fourth-order valence-corrected chi connectivity index (χ4v) is 3.94. The molecule has 146 valence electrons. The molecule has 0 unspecified atom stereocenters. The van der Waals surface area contributed by atoms with E-state index >= 15 is 0 Å². The van der Waals surface area contributed by atoms with Gasteiger partial charge in [-0.15, -0.1) is 11.8 Å². The Morgan fingerprint density at radius 2 is 1.76 bits per heavy atom. The van der Waals surface area contributed by atoms with Crippen molar-refractivity contribution >= 4 is 28.4 Å². The van der Waals surface area contributed by atoms with E-state index in [0.717, 1.165) is 17.7 Å². The third-order valence-electron chi connectivity index (χ3n) is 5.22. The zero-order valence-electron chi connectivity index (χ0n) is 17.1. The molecule has 2 nitrogen and oxygen atoms in total. The van der Waals surface area contributed by atoms with Crippen molar-refractivity contribution in [3.63, 3.8) is 0 Å². The van der Waals surface area contributed by atoms with Crippen LogP contribution in [0.2, 0.25) is 0 Å². The van der Waals surface area contributed by atoms with Crippen LogP contribution in [0.4, 0.5) is 5.69 Å². The van der Waals surface area contributed by atoms with Crippen molar-refractivity contribution in [1.29, 1.82) is 0 Å². The number of pyridine rings is 1. The SMILES string of the molecule is CSc1ccc(NCc2cccc(-c3cc(C(C)C)cc4cccnc34)c2)cc1. The van der Waals surface area contributed by atoms with E-state index in [9.17, 15) is 0 Å². The van der Waals surface area contributed by atoms with Crippen LogP contribution in [0.25, 0.3) is 22.0 Å². The van der Waals surface area contributed by atoms with Crippen LogP contribution in [-0.4, -0.2) is 11.2 Å². The molecule has 0 radical (unpaired) electrons. The fraction of sp³-hybridized carbons (Fsp3) is 0.192. The first-order valence-electron chi connectivity index (χ1n) is 10.00. The average molecular weight is 399 g/mol. The number of hydrogen-bond donors (Lipinski definition) is 1. The lowest BCUT2D eigenvalue weighted by atomic mass is 9.93. The molecule has 0 aliphatic rings.